The second-order valence-corrected chi connectivity index (χ2v) is 6.14. The number of aryl methyl sites for hydroxylation is 3. The first-order chi connectivity index (χ1) is 10.4. The van der Waals surface area contributed by atoms with Crippen LogP contribution in [0.15, 0.2) is 18.2 Å². The number of rotatable bonds is 3. The molecule has 3 rings (SSSR count). The lowest BCUT2D eigenvalue weighted by Gasteiger charge is -2.04. The quantitative estimate of drug-likeness (QED) is 0.791. The third-order valence-corrected chi connectivity index (χ3v) is 4.83. The van der Waals surface area contributed by atoms with Crippen LogP contribution in [0.5, 0.6) is 0 Å². The number of carbonyl (C=O) groups is 1. The summed E-state index contributed by atoms with van der Waals surface area (Å²) in [6.45, 7) is 5.55. The summed E-state index contributed by atoms with van der Waals surface area (Å²) in [5.41, 5.74) is 3.80. The van der Waals surface area contributed by atoms with Gasteiger partial charge < -0.3 is 5.11 Å². The maximum atomic E-state index is 13.4. The molecular formula is C16H15FN2O2S. The molecule has 4 nitrogen and oxygen atoms in total. The number of carboxylic acids is 1. The van der Waals surface area contributed by atoms with Crippen molar-refractivity contribution in [3.8, 4) is 11.3 Å². The van der Waals surface area contributed by atoms with Crippen molar-refractivity contribution in [1.82, 2.24) is 9.38 Å². The van der Waals surface area contributed by atoms with Gasteiger partial charge in [-0.05, 0) is 44.0 Å². The van der Waals surface area contributed by atoms with Crippen molar-refractivity contribution in [3.05, 3.63) is 45.8 Å². The van der Waals surface area contributed by atoms with Crippen molar-refractivity contribution in [1.29, 1.82) is 0 Å². The van der Waals surface area contributed by atoms with Gasteiger partial charge in [0.15, 0.2) is 4.96 Å². The molecule has 0 fully saturated rings. The van der Waals surface area contributed by atoms with E-state index < -0.39 is 5.97 Å². The topological polar surface area (TPSA) is 54.6 Å². The maximum Gasteiger partial charge on any atom is 0.347 e. The Balaban J connectivity index is 2.25. The Hall–Kier alpha value is -2.21. The Morgan fingerprint density at radius 3 is 2.73 bits per heavy atom. The van der Waals surface area contributed by atoms with Crippen molar-refractivity contribution >= 4 is 22.3 Å². The Morgan fingerprint density at radius 1 is 1.41 bits per heavy atom. The number of aromatic carboxylic acids is 1. The number of carboxylic acid groups (broad SMARTS) is 1. The Kier molecular flexibility index (Phi) is 3.48. The molecule has 6 heteroatoms. The predicted octanol–water partition coefficient (Wildman–Crippen LogP) is 4.08. The minimum atomic E-state index is -0.925. The van der Waals surface area contributed by atoms with Crippen LogP contribution in [-0.2, 0) is 6.42 Å². The highest BCUT2D eigenvalue weighted by atomic mass is 32.1. The van der Waals surface area contributed by atoms with Gasteiger partial charge in [-0.1, -0.05) is 18.3 Å². The summed E-state index contributed by atoms with van der Waals surface area (Å²) in [5.74, 6) is -1.17. The molecule has 1 aromatic carbocycles. The molecule has 1 N–H and O–H groups in total. The van der Waals surface area contributed by atoms with Crippen LogP contribution in [0.25, 0.3) is 16.2 Å². The summed E-state index contributed by atoms with van der Waals surface area (Å²) >= 11 is 1.17. The predicted molar refractivity (Wildman–Crippen MR) is 84.3 cm³/mol. The fraction of sp³-hybridized carbons (Fsp3) is 0.250. The maximum absolute atomic E-state index is 13.4. The number of benzene rings is 1. The lowest BCUT2D eigenvalue weighted by Crippen LogP contribution is -2.01. The van der Waals surface area contributed by atoms with Crippen molar-refractivity contribution in [2.45, 2.75) is 27.2 Å². The average Bonchev–Trinajstić information content (AvgIpc) is 2.99. The molecule has 0 aliphatic carbocycles. The highest BCUT2D eigenvalue weighted by Gasteiger charge is 2.21. The number of imidazole rings is 1. The molecule has 22 heavy (non-hydrogen) atoms. The number of halogens is 1. The van der Waals surface area contributed by atoms with E-state index in [9.17, 15) is 14.3 Å². The van der Waals surface area contributed by atoms with Crippen molar-refractivity contribution < 1.29 is 14.3 Å². The van der Waals surface area contributed by atoms with Gasteiger partial charge in [-0.2, -0.15) is 0 Å². The van der Waals surface area contributed by atoms with E-state index in [0.29, 0.717) is 21.8 Å². The number of aromatic nitrogens is 2. The summed E-state index contributed by atoms with van der Waals surface area (Å²) in [5, 5.41) is 9.29. The summed E-state index contributed by atoms with van der Waals surface area (Å²) in [6, 6.07) is 4.89. The molecule has 0 atom stereocenters. The standard InChI is InChI=1S/C16H15FN2O2S/c1-4-12-14(15(20)21)22-16-18-13(9(3)19(12)16)10-5-6-11(17)8(2)7-10/h5-7H,4H2,1-3H3,(H,20,21). The molecule has 0 bridgehead atoms. The normalized spacial score (nSPS) is 11.3. The third kappa shape index (κ3) is 2.11. The summed E-state index contributed by atoms with van der Waals surface area (Å²) < 4.78 is 15.3. The first-order valence-electron chi connectivity index (χ1n) is 6.94. The second-order valence-electron chi connectivity index (χ2n) is 5.16. The molecule has 0 aliphatic heterocycles. The lowest BCUT2D eigenvalue weighted by molar-refractivity contribution is 0.0700. The molecule has 0 aliphatic rings. The SMILES string of the molecule is CCc1c(C(=O)O)sc2nc(-c3ccc(F)c(C)c3)c(C)n12. The number of fused-ring (bicyclic) bond motifs is 1. The van der Waals surface area contributed by atoms with E-state index >= 15 is 0 Å². The van der Waals surface area contributed by atoms with Gasteiger partial charge in [0.25, 0.3) is 0 Å². The number of thiazole rings is 1. The second kappa shape index (κ2) is 5.21. The molecule has 0 saturated heterocycles. The van der Waals surface area contributed by atoms with Crippen LogP contribution in [0.4, 0.5) is 4.39 Å². The fourth-order valence-corrected chi connectivity index (χ4v) is 3.76. The average molecular weight is 318 g/mol. The van der Waals surface area contributed by atoms with E-state index in [2.05, 4.69) is 4.98 Å². The van der Waals surface area contributed by atoms with Crippen LogP contribution in [0.2, 0.25) is 0 Å². The van der Waals surface area contributed by atoms with E-state index in [4.69, 9.17) is 0 Å². The molecule has 2 heterocycles. The van der Waals surface area contributed by atoms with Crippen molar-refractivity contribution in [2.24, 2.45) is 0 Å². The summed E-state index contributed by atoms with van der Waals surface area (Å²) in [6.07, 6.45) is 0.612. The zero-order valence-corrected chi connectivity index (χ0v) is 13.3. The molecule has 3 aromatic rings. The largest absolute Gasteiger partial charge is 0.477 e. The van der Waals surface area contributed by atoms with E-state index in [1.165, 1.54) is 17.4 Å². The Morgan fingerprint density at radius 2 is 2.14 bits per heavy atom. The van der Waals surface area contributed by atoms with Gasteiger partial charge in [0, 0.05) is 17.0 Å². The van der Waals surface area contributed by atoms with E-state index in [1.54, 1.807) is 19.1 Å². The minimum absolute atomic E-state index is 0.246. The first kappa shape index (κ1) is 14.7. The van der Waals surface area contributed by atoms with E-state index in [1.807, 2.05) is 18.2 Å². The Bertz CT molecular complexity index is 895. The van der Waals surface area contributed by atoms with Crippen LogP contribution in [0.1, 0.15) is 33.5 Å². The molecule has 0 amide bonds. The van der Waals surface area contributed by atoms with Crippen molar-refractivity contribution in [3.63, 3.8) is 0 Å². The third-order valence-electron chi connectivity index (χ3n) is 3.76. The minimum Gasteiger partial charge on any atom is -0.477 e. The van der Waals surface area contributed by atoms with E-state index in [-0.39, 0.29) is 5.82 Å². The smallest absolute Gasteiger partial charge is 0.347 e. The Labute approximate surface area is 130 Å². The van der Waals surface area contributed by atoms with Gasteiger partial charge in [0.05, 0.1) is 5.69 Å². The molecular weight excluding hydrogens is 303 g/mol. The monoisotopic (exact) mass is 318 g/mol. The zero-order valence-electron chi connectivity index (χ0n) is 12.5. The van der Waals surface area contributed by atoms with Crippen LogP contribution < -0.4 is 0 Å². The first-order valence-corrected chi connectivity index (χ1v) is 7.76. The molecule has 2 aromatic heterocycles. The fourth-order valence-electron chi connectivity index (χ4n) is 2.67. The van der Waals surface area contributed by atoms with Gasteiger partial charge in [-0.15, -0.1) is 0 Å². The van der Waals surface area contributed by atoms with Crippen molar-refractivity contribution in [2.75, 3.05) is 0 Å². The van der Waals surface area contributed by atoms with Gasteiger partial charge in [0.1, 0.15) is 10.7 Å². The van der Waals surface area contributed by atoms with Crippen LogP contribution in [-0.4, -0.2) is 20.5 Å². The van der Waals surface area contributed by atoms with Crippen LogP contribution in [0.3, 0.4) is 0 Å². The lowest BCUT2D eigenvalue weighted by atomic mass is 10.1. The van der Waals surface area contributed by atoms with E-state index in [0.717, 1.165) is 22.6 Å². The van der Waals surface area contributed by atoms with Crippen LogP contribution in [0, 0.1) is 19.7 Å². The summed E-state index contributed by atoms with van der Waals surface area (Å²) in [4.78, 5) is 16.9. The highest BCUT2D eigenvalue weighted by molar-refractivity contribution is 7.19. The number of hydrogen-bond donors (Lipinski definition) is 1. The molecule has 0 saturated carbocycles. The van der Waals surface area contributed by atoms with Gasteiger partial charge in [-0.3, -0.25) is 4.40 Å². The van der Waals surface area contributed by atoms with Crippen LogP contribution >= 0.6 is 11.3 Å². The number of nitrogens with zero attached hydrogens (tertiary/aromatic N) is 2. The zero-order chi connectivity index (χ0) is 16.0. The summed E-state index contributed by atoms with van der Waals surface area (Å²) in [7, 11) is 0. The molecule has 0 radical (unpaired) electrons. The molecule has 114 valence electrons. The molecule has 0 unspecified atom stereocenters. The van der Waals surface area contributed by atoms with Gasteiger partial charge in [0.2, 0.25) is 0 Å². The highest BCUT2D eigenvalue weighted by Crippen LogP contribution is 2.31. The molecule has 0 spiro atoms. The number of hydrogen-bond acceptors (Lipinski definition) is 3. The van der Waals surface area contributed by atoms with Gasteiger partial charge in [-0.25, -0.2) is 14.2 Å². The van der Waals surface area contributed by atoms with Gasteiger partial charge >= 0.3 is 5.97 Å².